The first kappa shape index (κ1) is 13.1. The van der Waals surface area contributed by atoms with Crippen LogP contribution in [-0.4, -0.2) is 0 Å². The summed E-state index contributed by atoms with van der Waals surface area (Å²) in [7, 11) is 0. The maximum Gasteiger partial charge on any atom is -0.0252 e. The van der Waals surface area contributed by atoms with Crippen molar-refractivity contribution >= 4 is 0 Å². The third kappa shape index (κ3) is 2.40. The molecule has 15 heavy (non-hydrogen) atoms. The van der Waals surface area contributed by atoms with E-state index in [2.05, 4.69) is 41.5 Å². The van der Waals surface area contributed by atoms with E-state index >= 15 is 0 Å². The SMILES string of the molecule is CC1(C)CCCCCCC(C)(C)C1(C)C. The molecule has 1 fully saturated rings. The van der Waals surface area contributed by atoms with E-state index in [1.165, 1.54) is 38.5 Å². The summed E-state index contributed by atoms with van der Waals surface area (Å²) in [5.74, 6) is 0. The molecule has 0 atom stereocenters. The minimum absolute atomic E-state index is 0.435. The Balaban J connectivity index is 2.97. The summed E-state index contributed by atoms with van der Waals surface area (Å²) in [5.41, 5.74) is 1.38. The molecule has 0 aromatic carbocycles. The molecule has 0 saturated heterocycles. The molecule has 0 amide bonds. The Hall–Kier alpha value is 0. The minimum Gasteiger partial charge on any atom is -0.0594 e. The van der Waals surface area contributed by atoms with Crippen LogP contribution in [0, 0.1) is 16.2 Å². The smallest absolute Gasteiger partial charge is 0.0252 e. The van der Waals surface area contributed by atoms with Crippen molar-refractivity contribution < 1.29 is 0 Å². The summed E-state index contributed by atoms with van der Waals surface area (Å²) in [6.07, 6.45) is 8.51. The van der Waals surface area contributed by atoms with Gasteiger partial charge in [-0.1, -0.05) is 67.2 Å². The van der Waals surface area contributed by atoms with Gasteiger partial charge in [-0.3, -0.25) is 0 Å². The van der Waals surface area contributed by atoms with Crippen LogP contribution < -0.4 is 0 Å². The van der Waals surface area contributed by atoms with Crippen LogP contribution in [-0.2, 0) is 0 Å². The van der Waals surface area contributed by atoms with Crippen LogP contribution in [0.5, 0.6) is 0 Å². The van der Waals surface area contributed by atoms with Gasteiger partial charge in [-0.25, -0.2) is 0 Å². The lowest BCUT2D eigenvalue weighted by Crippen LogP contribution is -2.44. The van der Waals surface area contributed by atoms with E-state index in [1.807, 2.05) is 0 Å². The largest absolute Gasteiger partial charge is 0.0594 e. The molecule has 90 valence electrons. The van der Waals surface area contributed by atoms with Gasteiger partial charge < -0.3 is 0 Å². The van der Waals surface area contributed by atoms with E-state index in [9.17, 15) is 0 Å². The Bertz CT molecular complexity index is 186. The Morgan fingerprint density at radius 3 is 1.20 bits per heavy atom. The number of hydrogen-bond donors (Lipinski definition) is 0. The van der Waals surface area contributed by atoms with Crippen molar-refractivity contribution in [2.24, 2.45) is 16.2 Å². The minimum atomic E-state index is 0.435. The Kier molecular flexibility index (Phi) is 3.58. The average molecular weight is 210 g/mol. The first-order chi connectivity index (χ1) is 6.71. The second-order valence-electron chi connectivity index (χ2n) is 7.31. The van der Waals surface area contributed by atoms with Crippen LogP contribution in [0.1, 0.15) is 80.1 Å². The van der Waals surface area contributed by atoms with E-state index in [0.29, 0.717) is 16.2 Å². The molecule has 0 radical (unpaired) electrons. The zero-order valence-electron chi connectivity index (χ0n) is 11.7. The molecule has 0 aromatic heterocycles. The second kappa shape index (κ2) is 4.11. The van der Waals surface area contributed by atoms with E-state index in [1.54, 1.807) is 0 Å². The zero-order valence-corrected chi connectivity index (χ0v) is 11.7. The average Bonchev–Trinajstić information content (AvgIpc) is 2.11. The molecule has 0 N–H and O–H groups in total. The highest BCUT2D eigenvalue weighted by Crippen LogP contribution is 2.56. The van der Waals surface area contributed by atoms with Gasteiger partial charge in [0.05, 0.1) is 0 Å². The summed E-state index contributed by atoms with van der Waals surface area (Å²) in [6, 6.07) is 0. The van der Waals surface area contributed by atoms with Gasteiger partial charge in [-0.05, 0) is 29.1 Å². The molecule has 1 saturated carbocycles. The first-order valence-electron chi connectivity index (χ1n) is 6.71. The van der Waals surface area contributed by atoms with Gasteiger partial charge in [0.1, 0.15) is 0 Å². The third-order valence-electron chi connectivity index (χ3n) is 5.74. The molecule has 1 rings (SSSR count). The Morgan fingerprint density at radius 1 is 0.533 bits per heavy atom. The van der Waals surface area contributed by atoms with Crippen LogP contribution in [0.15, 0.2) is 0 Å². The van der Waals surface area contributed by atoms with Crippen LogP contribution in [0.2, 0.25) is 0 Å². The van der Waals surface area contributed by atoms with E-state index in [0.717, 1.165) is 0 Å². The molecule has 0 unspecified atom stereocenters. The Labute approximate surface area is 96.8 Å². The van der Waals surface area contributed by atoms with E-state index in [-0.39, 0.29) is 0 Å². The van der Waals surface area contributed by atoms with Crippen molar-refractivity contribution in [3.05, 3.63) is 0 Å². The monoisotopic (exact) mass is 210 g/mol. The topological polar surface area (TPSA) is 0 Å². The molecule has 0 spiro atoms. The predicted molar refractivity (Wildman–Crippen MR) is 69.0 cm³/mol. The summed E-state index contributed by atoms with van der Waals surface area (Å²) in [4.78, 5) is 0. The van der Waals surface area contributed by atoms with Crippen molar-refractivity contribution in [2.75, 3.05) is 0 Å². The van der Waals surface area contributed by atoms with Gasteiger partial charge in [-0.2, -0.15) is 0 Å². The Morgan fingerprint density at radius 2 is 0.867 bits per heavy atom. The van der Waals surface area contributed by atoms with Crippen LogP contribution >= 0.6 is 0 Å². The van der Waals surface area contributed by atoms with Gasteiger partial charge >= 0.3 is 0 Å². The lowest BCUT2D eigenvalue weighted by Gasteiger charge is -2.52. The zero-order chi connectivity index (χ0) is 11.7. The van der Waals surface area contributed by atoms with Gasteiger partial charge in [-0.15, -0.1) is 0 Å². The number of rotatable bonds is 0. The third-order valence-corrected chi connectivity index (χ3v) is 5.74. The standard InChI is InChI=1S/C15H30/c1-13(2)11-9-7-8-10-12-14(3,4)15(13,5)6/h7-12H2,1-6H3. The molecular weight excluding hydrogens is 180 g/mol. The fourth-order valence-electron chi connectivity index (χ4n) is 3.03. The molecule has 0 nitrogen and oxygen atoms in total. The first-order valence-corrected chi connectivity index (χ1v) is 6.71. The van der Waals surface area contributed by atoms with Crippen molar-refractivity contribution in [2.45, 2.75) is 80.1 Å². The van der Waals surface area contributed by atoms with E-state index < -0.39 is 0 Å². The molecule has 0 bridgehead atoms. The van der Waals surface area contributed by atoms with Gasteiger partial charge in [0.25, 0.3) is 0 Å². The fourth-order valence-corrected chi connectivity index (χ4v) is 3.03. The van der Waals surface area contributed by atoms with Crippen LogP contribution in [0.3, 0.4) is 0 Å². The summed E-state index contributed by atoms with van der Waals surface area (Å²) in [5, 5.41) is 0. The highest BCUT2D eigenvalue weighted by atomic mass is 14.5. The van der Waals surface area contributed by atoms with Crippen LogP contribution in [0.4, 0.5) is 0 Å². The van der Waals surface area contributed by atoms with E-state index in [4.69, 9.17) is 0 Å². The van der Waals surface area contributed by atoms with Crippen molar-refractivity contribution in [3.8, 4) is 0 Å². The molecule has 1 aliphatic carbocycles. The normalized spacial score (nSPS) is 30.0. The van der Waals surface area contributed by atoms with Crippen molar-refractivity contribution in [1.29, 1.82) is 0 Å². The summed E-state index contributed by atoms with van der Waals surface area (Å²) >= 11 is 0. The lowest BCUT2D eigenvalue weighted by molar-refractivity contribution is -0.0287. The van der Waals surface area contributed by atoms with Gasteiger partial charge in [0, 0.05) is 0 Å². The highest BCUT2D eigenvalue weighted by molar-refractivity contribution is 4.96. The molecule has 0 aliphatic heterocycles. The van der Waals surface area contributed by atoms with Gasteiger partial charge in [0.2, 0.25) is 0 Å². The maximum atomic E-state index is 2.48. The fraction of sp³-hybridized carbons (Fsp3) is 1.00. The molecular formula is C15H30. The quantitative estimate of drug-likeness (QED) is 0.501. The highest BCUT2D eigenvalue weighted by Gasteiger charge is 2.47. The molecule has 0 heterocycles. The molecule has 0 aromatic rings. The number of hydrogen-bond acceptors (Lipinski definition) is 0. The summed E-state index contributed by atoms with van der Waals surface area (Å²) < 4.78 is 0. The maximum absolute atomic E-state index is 2.48. The predicted octanol–water partition coefficient (Wildman–Crippen LogP) is 5.42. The van der Waals surface area contributed by atoms with Gasteiger partial charge in [0.15, 0.2) is 0 Å². The lowest BCUT2D eigenvalue weighted by atomic mass is 9.53. The molecule has 1 aliphatic rings. The van der Waals surface area contributed by atoms with Crippen LogP contribution in [0.25, 0.3) is 0 Å². The molecule has 0 heteroatoms. The van der Waals surface area contributed by atoms with Crippen molar-refractivity contribution in [3.63, 3.8) is 0 Å². The summed E-state index contributed by atoms with van der Waals surface area (Å²) in [6.45, 7) is 14.9. The second-order valence-corrected chi connectivity index (χ2v) is 7.31. The van der Waals surface area contributed by atoms with Crippen molar-refractivity contribution in [1.82, 2.24) is 0 Å².